The number of hydrogen-bond donors (Lipinski definition) is 3. The van der Waals surface area contributed by atoms with Crippen LogP contribution in [0.4, 0.5) is 22.2 Å². The number of aromatic nitrogens is 4. The van der Waals surface area contributed by atoms with Crippen molar-refractivity contribution in [1.82, 2.24) is 25.1 Å². The maximum atomic E-state index is 11.0. The molecule has 0 saturated carbocycles. The molecule has 2 aromatic heterocycles. The van der Waals surface area contributed by atoms with Crippen LogP contribution in [-0.2, 0) is 7.05 Å². The summed E-state index contributed by atoms with van der Waals surface area (Å²) in [5.41, 5.74) is 0.487. The lowest BCUT2D eigenvalue weighted by molar-refractivity contribution is 0.166. The summed E-state index contributed by atoms with van der Waals surface area (Å²) >= 11 is 0. The molecule has 3 N–H and O–H groups in total. The van der Waals surface area contributed by atoms with E-state index in [4.69, 9.17) is 5.11 Å². The normalized spacial score (nSPS) is 16.5. The first-order valence-corrected chi connectivity index (χ1v) is 8.34. The van der Waals surface area contributed by atoms with Gasteiger partial charge in [0.15, 0.2) is 0 Å². The van der Waals surface area contributed by atoms with Crippen LogP contribution in [0.5, 0.6) is 0 Å². The lowest BCUT2D eigenvalue weighted by atomic mass is 9.85. The summed E-state index contributed by atoms with van der Waals surface area (Å²) in [6.45, 7) is 3.52. The van der Waals surface area contributed by atoms with Gasteiger partial charge in [0, 0.05) is 38.1 Å². The van der Waals surface area contributed by atoms with E-state index in [1.54, 1.807) is 17.1 Å². The summed E-state index contributed by atoms with van der Waals surface area (Å²) in [4.78, 5) is 22.0. The minimum Gasteiger partial charge on any atom is -0.465 e. The Morgan fingerprint density at radius 1 is 1.40 bits per heavy atom. The maximum absolute atomic E-state index is 11.0. The van der Waals surface area contributed by atoms with Gasteiger partial charge < -0.3 is 20.6 Å². The summed E-state index contributed by atoms with van der Waals surface area (Å²) in [6, 6.07) is 1.87. The molecule has 1 fully saturated rings. The molecule has 0 radical (unpaired) electrons. The van der Waals surface area contributed by atoms with Crippen molar-refractivity contribution >= 4 is 23.5 Å². The monoisotopic (exact) mass is 345 g/mol. The SMILES string of the molecule is CCC1(NC(=O)O)CCN(c2ccnc(Nc3cnn(C)c3)n2)CC1. The smallest absolute Gasteiger partial charge is 0.405 e. The van der Waals surface area contributed by atoms with Gasteiger partial charge >= 0.3 is 6.09 Å². The van der Waals surface area contributed by atoms with Gasteiger partial charge in [0.05, 0.1) is 11.9 Å². The number of amides is 1. The zero-order valence-corrected chi connectivity index (χ0v) is 14.4. The van der Waals surface area contributed by atoms with Crippen LogP contribution in [0, 0.1) is 0 Å². The molecule has 9 nitrogen and oxygen atoms in total. The number of piperidine rings is 1. The average Bonchev–Trinajstić information content (AvgIpc) is 3.00. The van der Waals surface area contributed by atoms with Crippen LogP contribution in [0.3, 0.4) is 0 Å². The van der Waals surface area contributed by atoms with Gasteiger partial charge in [-0.05, 0) is 25.3 Å². The number of rotatable bonds is 5. The number of aryl methyl sites for hydroxylation is 1. The van der Waals surface area contributed by atoms with E-state index in [9.17, 15) is 4.79 Å². The Labute approximate surface area is 146 Å². The van der Waals surface area contributed by atoms with Gasteiger partial charge in [-0.3, -0.25) is 4.68 Å². The van der Waals surface area contributed by atoms with Gasteiger partial charge in [-0.2, -0.15) is 10.1 Å². The van der Waals surface area contributed by atoms with Gasteiger partial charge in [-0.15, -0.1) is 0 Å². The van der Waals surface area contributed by atoms with Gasteiger partial charge in [0.1, 0.15) is 5.82 Å². The predicted octanol–water partition coefficient (Wildman–Crippen LogP) is 1.97. The molecular formula is C16H23N7O2. The second kappa shape index (κ2) is 6.96. The van der Waals surface area contributed by atoms with Crippen molar-refractivity contribution in [2.75, 3.05) is 23.3 Å². The first-order chi connectivity index (χ1) is 12.0. The van der Waals surface area contributed by atoms with Crippen molar-refractivity contribution in [1.29, 1.82) is 0 Å². The van der Waals surface area contributed by atoms with Crippen molar-refractivity contribution in [2.24, 2.45) is 7.05 Å². The molecule has 9 heteroatoms. The number of carboxylic acid groups (broad SMARTS) is 1. The Balaban J connectivity index is 1.67. The second-order valence-electron chi connectivity index (χ2n) is 6.32. The van der Waals surface area contributed by atoms with Crippen molar-refractivity contribution < 1.29 is 9.90 Å². The van der Waals surface area contributed by atoms with E-state index < -0.39 is 6.09 Å². The molecule has 2 aromatic rings. The minimum absolute atomic E-state index is 0.341. The first-order valence-electron chi connectivity index (χ1n) is 8.34. The molecule has 1 saturated heterocycles. The highest BCUT2D eigenvalue weighted by Crippen LogP contribution is 2.28. The molecule has 0 unspecified atom stereocenters. The van der Waals surface area contributed by atoms with E-state index in [-0.39, 0.29) is 5.54 Å². The average molecular weight is 345 g/mol. The van der Waals surface area contributed by atoms with Crippen molar-refractivity contribution in [3.63, 3.8) is 0 Å². The van der Waals surface area contributed by atoms with Crippen molar-refractivity contribution in [3.05, 3.63) is 24.7 Å². The summed E-state index contributed by atoms with van der Waals surface area (Å²) in [5, 5.41) is 19.0. The highest BCUT2D eigenvalue weighted by Gasteiger charge is 2.34. The fourth-order valence-corrected chi connectivity index (χ4v) is 3.16. The molecule has 0 aliphatic carbocycles. The fraction of sp³-hybridized carbons (Fsp3) is 0.500. The molecule has 3 rings (SSSR count). The van der Waals surface area contributed by atoms with Crippen molar-refractivity contribution in [3.8, 4) is 0 Å². The maximum Gasteiger partial charge on any atom is 0.405 e. The van der Waals surface area contributed by atoms with E-state index in [0.29, 0.717) is 5.95 Å². The third kappa shape index (κ3) is 3.98. The number of nitrogens with zero attached hydrogens (tertiary/aromatic N) is 5. The zero-order valence-electron chi connectivity index (χ0n) is 14.4. The van der Waals surface area contributed by atoms with E-state index in [2.05, 4.69) is 30.6 Å². The molecule has 1 aliphatic heterocycles. The van der Waals surface area contributed by atoms with E-state index >= 15 is 0 Å². The Hall–Kier alpha value is -2.84. The molecule has 0 atom stereocenters. The molecule has 0 spiro atoms. The van der Waals surface area contributed by atoms with Crippen LogP contribution >= 0.6 is 0 Å². The number of nitrogens with one attached hydrogen (secondary N) is 2. The number of anilines is 3. The molecule has 0 aromatic carbocycles. The summed E-state index contributed by atoms with van der Waals surface area (Å²) in [5.74, 6) is 1.35. The third-order valence-electron chi connectivity index (χ3n) is 4.70. The molecule has 25 heavy (non-hydrogen) atoms. The van der Waals surface area contributed by atoms with Crippen LogP contribution < -0.4 is 15.5 Å². The molecular weight excluding hydrogens is 322 g/mol. The van der Waals surface area contributed by atoms with E-state index in [1.807, 2.05) is 26.2 Å². The van der Waals surface area contributed by atoms with Crippen LogP contribution in [0.25, 0.3) is 0 Å². The van der Waals surface area contributed by atoms with Crippen LogP contribution in [0.15, 0.2) is 24.7 Å². The van der Waals surface area contributed by atoms with Gasteiger partial charge in [-0.25, -0.2) is 9.78 Å². The lowest BCUT2D eigenvalue weighted by Crippen LogP contribution is -2.54. The fourth-order valence-electron chi connectivity index (χ4n) is 3.16. The Kier molecular flexibility index (Phi) is 4.73. The molecule has 3 heterocycles. The van der Waals surface area contributed by atoms with Crippen LogP contribution in [-0.4, -0.2) is 49.6 Å². The van der Waals surface area contributed by atoms with Crippen molar-refractivity contribution in [2.45, 2.75) is 31.7 Å². The van der Waals surface area contributed by atoms with E-state index in [0.717, 1.165) is 43.9 Å². The van der Waals surface area contributed by atoms with Gasteiger partial charge in [0.25, 0.3) is 0 Å². The topological polar surface area (TPSA) is 108 Å². The largest absolute Gasteiger partial charge is 0.465 e. The first kappa shape index (κ1) is 17.0. The molecule has 134 valence electrons. The summed E-state index contributed by atoms with van der Waals surface area (Å²) in [7, 11) is 1.85. The van der Waals surface area contributed by atoms with Crippen LogP contribution in [0.2, 0.25) is 0 Å². The van der Waals surface area contributed by atoms with Crippen LogP contribution in [0.1, 0.15) is 26.2 Å². The van der Waals surface area contributed by atoms with E-state index in [1.165, 1.54) is 0 Å². The number of carbonyl (C=O) groups is 1. The van der Waals surface area contributed by atoms with Gasteiger partial charge in [-0.1, -0.05) is 6.92 Å². The van der Waals surface area contributed by atoms with Gasteiger partial charge in [0.2, 0.25) is 5.95 Å². The highest BCUT2D eigenvalue weighted by molar-refractivity contribution is 5.65. The zero-order chi connectivity index (χ0) is 17.9. The summed E-state index contributed by atoms with van der Waals surface area (Å²) < 4.78 is 1.70. The predicted molar refractivity (Wildman–Crippen MR) is 94.2 cm³/mol. The lowest BCUT2D eigenvalue weighted by Gasteiger charge is -2.41. The number of hydrogen-bond acceptors (Lipinski definition) is 6. The molecule has 0 bridgehead atoms. The quantitative estimate of drug-likeness (QED) is 0.760. The highest BCUT2D eigenvalue weighted by atomic mass is 16.4. The second-order valence-corrected chi connectivity index (χ2v) is 6.32. The Morgan fingerprint density at radius 2 is 2.16 bits per heavy atom. The molecule has 1 amide bonds. The molecule has 1 aliphatic rings. The minimum atomic E-state index is -0.958. The summed E-state index contributed by atoms with van der Waals surface area (Å²) in [6.07, 6.45) is 6.62. The third-order valence-corrected chi connectivity index (χ3v) is 4.70. The Morgan fingerprint density at radius 3 is 2.76 bits per heavy atom. The standard InChI is InChI=1S/C16H23N7O2/c1-3-16(21-15(24)25)5-8-23(9-6-16)13-4-7-17-14(20-13)19-12-10-18-22(2)11-12/h4,7,10-11,21H,3,5-6,8-9H2,1-2H3,(H,24,25)(H,17,19,20). The Bertz CT molecular complexity index is 738.